The van der Waals surface area contributed by atoms with E-state index in [1.165, 1.54) is 15.9 Å². The lowest BCUT2D eigenvalue weighted by Crippen LogP contribution is -2.23. The molecule has 2 heterocycles. The molecule has 5 nitrogen and oxygen atoms in total. The second-order valence-electron chi connectivity index (χ2n) is 6.09. The third-order valence-electron chi connectivity index (χ3n) is 4.01. The normalized spacial score (nSPS) is 12.0. The van der Waals surface area contributed by atoms with Crippen molar-refractivity contribution >= 4 is 45.6 Å². The van der Waals surface area contributed by atoms with Gasteiger partial charge in [-0.05, 0) is 54.5 Å². The van der Waals surface area contributed by atoms with Crippen LogP contribution in [0.5, 0.6) is 5.75 Å². The molecule has 2 aromatic heterocycles. The predicted molar refractivity (Wildman–Crippen MR) is 114 cm³/mol. The van der Waals surface area contributed by atoms with E-state index in [1.807, 2.05) is 24.3 Å². The first-order chi connectivity index (χ1) is 13.5. The van der Waals surface area contributed by atoms with Crippen LogP contribution in [0.15, 0.2) is 47.3 Å². The molecule has 4 rings (SSSR count). The third-order valence-corrected chi connectivity index (χ3v) is 5.71. The van der Waals surface area contributed by atoms with Gasteiger partial charge in [-0.15, -0.1) is 5.10 Å². The number of fused-ring (bicyclic) bond motifs is 1. The fourth-order valence-corrected chi connectivity index (χ4v) is 3.84. The molecule has 142 valence electrons. The molecule has 28 heavy (non-hydrogen) atoms. The maximum absolute atomic E-state index is 12.7. The maximum Gasteiger partial charge on any atom is 0.291 e. The van der Waals surface area contributed by atoms with Gasteiger partial charge in [0.15, 0.2) is 5.82 Å². The van der Waals surface area contributed by atoms with Gasteiger partial charge in [-0.1, -0.05) is 47.5 Å². The van der Waals surface area contributed by atoms with Crippen LogP contribution in [0.25, 0.3) is 22.4 Å². The summed E-state index contributed by atoms with van der Waals surface area (Å²) in [6, 6.07) is 12.7. The summed E-state index contributed by atoms with van der Waals surface area (Å²) < 4.78 is 7.44. The Kier molecular flexibility index (Phi) is 5.35. The fourth-order valence-electron chi connectivity index (χ4n) is 2.63. The highest BCUT2D eigenvalue weighted by atomic mass is 35.5. The third kappa shape index (κ3) is 3.76. The molecule has 0 N–H and O–H groups in total. The molecule has 0 amide bonds. The van der Waals surface area contributed by atoms with E-state index in [9.17, 15) is 4.79 Å². The van der Waals surface area contributed by atoms with Crippen molar-refractivity contribution in [3.05, 3.63) is 73.0 Å². The molecule has 4 aromatic rings. The quantitative estimate of drug-likeness (QED) is 0.467. The molecule has 2 aromatic carbocycles. The molecule has 0 radical (unpaired) electrons. The minimum absolute atomic E-state index is 0.215. The van der Waals surface area contributed by atoms with E-state index in [1.54, 1.807) is 24.3 Å². The smallest absolute Gasteiger partial charge is 0.291 e. The van der Waals surface area contributed by atoms with Crippen LogP contribution in [-0.2, 0) is 0 Å². The summed E-state index contributed by atoms with van der Waals surface area (Å²) >= 11 is 13.3. The van der Waals surface area contributed by atoms with Gasteiger partial charge in [-0.3, -0.25) is 4.79 Å². The molecular weight excluding hydrogens is 417 g/mol. The molecule has 0 bridgehead atoms. The number of benzene rings is 2. The summed E-state index contributed by atoms with van der Waals surface area (Å²) in [7, 11) is 0. The van der Waals surface area contributed by atoms with Crippen molar-refractivity contribution in [2.45, 2.75) is 13.3 Å². The fraction of sp³-hybridized carbons (Fsp3) is 0.150. The molecule has 0 fully saturated rings. The average molecular weight is 432 g/mol. The van der Waals surface area contributed by atoms with Crippen LogP contribution >= 0.6 is 34.5 Å². The van der Waals surface area contributed by atoms with E-state index < -0.39 is 0 Å². The highest BCUT2D eigenvalue weighted by Gasteiger charge is 2.12. The Morgan fingerprint density at radius 3 is 2.61 bits per heavy atom. The van der Waals surface area contributed by atoms with Gasteiger partial charge < -0.3 is 4.74 Å². The summed E-state index contributed by atoms with van der Waals surface area (Å²) in [5.41, 5.74) is 1.40. The van der Waals surface area contributed by atoms with Crippen molar-refractivity contribution in [2.75, 3.05) is 6.61 Å². The van der Waals surface area contributed by atoms with E-state index in [0.717, 1.165) is 23.3 Å². The van der Waals surface area contributed by atoms with Crippen molar-refractivity contribution < 1.29 is 4.74 Å². The zero-order valence-electron chi connectivity index (χ0n) is 14.9. The van der Waals surface area contributed by atoms with Crippen molar-refractivity contribution in [3.8, 4) is 17.1 Å². The lowest BCUT2D eigenvalue weighted by molar-refractivity contribution is 0.317. The van der Waals surface area contributed by atoms with Gasteiger partial charge in [0, 0.05) is 5.56 Å². The molecule has 0 aliphatic carbocycles. The predicted octanol–water partition coefficient (Wildman–Crippen LogP) is 4.46. The lowest BCUT2D eigenvalue weighted by Gasteiger charge is -2.04. The Labute approximate surface area is 174 Å². The summed E-state index contributed by atoms with van der Waals surface area (Å²) in [6.45, 7) is 2.74. The number of thiazole rings is 1. The van der Waals surface area contributed by atoms with E-state index in [2.05, 4.69) is 17.0 Å². The first-order valence-corrected chi connectivity index (χ1v) is 10.2. The van der Waals surface area contributed by atoms with Crippen LogP contribution in [0, 0.1) is 0 Å². The summed E-state index contributed by atoms with van der Waals surface area (Å²) in [4.78, 5) is 17.7. The standard InChI is InChI=1S/C20H15Cl2N3O2S/c1-2-9-27-14-6-4-13(5-7-14)18-23-20-25(24-18)19(26)17(28-20)11-12-3-8-15(21)16(22)10-12/h3-8,10-11H,2,9H2,1H3. The zero-order valence-corrected chi connectivity index (χ0v) is 17.2. The number of hydrogen-bond acceptors (Lipinski definition) is 5. The molecule has 0 atom stereocenters. The molecule has 0 aliphatic rings. The molecular formula is C20H15Cl2N3O2S. The van der Waals surface area contributed by atoms with E-state index >= 15 is 0 Å². The van der Waals surface area contributed by atoms with Crippen LogP contribution in [0.1, 0.15) is 18.9 Å². The monoisotopic (exact) mass is 431 g/mol. The van der Waals surface area contributed by atoms with Crippen molar-refractivity contribution in [1.82, 2.24) is 14.6 Å². The van der Waals surface area contributed by atoms with E-state index in [4.69, 9.17) is 27.9 Å². The molecule has 8 heteroatoms. The van der Waals surface area contributed by atoms with E-state index in [0.29, 0.717) is 32.0 Å². The first-order valence-electron chi connectivity index (χ1n) is 8.65. The van der Waals surface area contributed by atoms with Crippen molar-refractivity contribution in [2.24, 2.45) is 0 Å². The Morgan fingerprint density at radius 1 is 1.14 bits per heavy atom. The first kappa shape index (κ1) is 18.9. The van der Waals surface area contributed by atoms with Crippen LogP contribution in [0.4, 0.5) is 0 Å². The zero-order chi connectivity index (χ0) is 19.7. The van der Waals surface area contributed by atoms with Crippen molar-refractivity contribution in [1.29, 1.82) is 0 Å². The van der Waals surface area contributed by atoms with Crippen LogP contribution in [0.3, 0.4) is 0 Å². The molecule has 0 aliphatic heterocycles. The Morgan fingerprint density at radius 2 is 1.93 bits per heavy atom. The Balaban J connectivity index is 1.67. The molecule has 0 spiro atoms. The SMILES string of the molecule is CCCOc1ccc(-c2nc3sc(=Cc4ccc(Cl)c(Cl)c4)c(=O)n3n2)cc1. The number of halogens is 2. The van der Waals surface area contributed by atoms with Crippen LogP contribution < -0.4 is 14.8 Å². The molecule has 0 saturated heterocycles. The summed E-state index contributed by atoms with van der Waals surface area (Å²) in [5, 5.41) is 5.28. The Hall–Kier alpha value is -2.41. The molecule has 0 saturated carbocycles. The number of nitrogens with zero attached hydrogens (tertiary/aromatic N) is 3. The summed E-state index contributed by atoms with van der Waals surface area (Å²) in [5.74, 6) is 1.31. The van der Waals surface area contributed by atoms with E-state index in [-0.39, 0.29) is 5.56 Å². The second-order valence-corrected chi connectivity index (χ2v) is 7.92. The topological polar surface area (TPSA) is 56.5 Å². The van der Waals surface area contributed by atoms with Gasteiger partial charge in [0.1, 0.15) is 5.75 Å². The van der Waals surface area contributed by atoms with Crippen molar-refractivity contribution in [3.63, 3.8) is 0 Å². The van der Waals surface area contributed by atoms with Gasteiger partial charge in [-0.25, -0.2) is 0 Å². The molecule has 0 unspecified atom stereocenters. The van der Waals surface area contributed by atoms with Gasteiger partial charge in [0.2, 0.25) is 4.96 Å². The Bertz CT molecular complexity index is 1250. The minimum atomic E-state index is -0.215. The largest absolute Gasteiger partial charge is 0.494 e. The van der Waals surface area contributed by atoms with Crippen LogP contribution in [-0.4, -0.2) is 21.2 Å². The number of hydrogen-bond donors (Lipinski definition) is 0. The lowest BCUT2D eigenvalue weighted by atomic mass is 10.2. The van der Waals surface area contributed by atoms with Gasteiger partial charge in [0.25, 0.3) is 5.56 Å². The number of aromatic nitrogens is 3. The van der Waals surface area contributed by atoms with Gasteiger partial charge >= 0.3 is 0 Å². The maximum atomic E-state index is 12.7. The minimum Gasteiger partial charge on any atom is -0.494 e. The highest BCUT2D eigenvalue weighted by molar-refractivity contribution is 7.15. The van der Waals surface area contributed by atoms with Crippen LogP contribution in [0.2, 0.25) is 10.0 Å². The number of rotatable bonds is 5. The van der Waals surface area contributed by atoms with Gasteiger partial charge in [-0.2, -0.15) is 9.50 Å². The number of ether oxygens (including phenoxy) is 1. The second kappa shape index (κ2) is 7.91. The summed E-state index contributed by atoms with van der Waals surface area (Å²) in [6.07, 6.45) is 2.71. The average Bonchev–Trinajstić information content (AvgIpc) is 3.23. The van der Waals surface area contributed by atoms with Gasteiger partial charge in [0.05, 0.1) is 21.2 Å². The highest BCUT2D eigenvalue weighted by Crippen LogP contribution is 2.23.